The highest BCUT2D eigenvalue weighted by Crippen LogP contribution is 2.23. The van der Waals surface area contributed by atoms with Crippen molar-refractivity contribution in [3.05, 3.63) is 48.3 Å². The van der Waals surface area contributed by atoms with Gasteiger partial charge in [-0.3, -0.25) is 4.79 Å². The molecule has 0 aliphatic carbocycles. The molecule has 1 aliphatic heterocycles. The molecule has 2 aromatic heterocycles. The predicted octanol–water partition coefficient (Wildman–Crippen LogP) is 3.83. The molecule has 0 spiro atoms. The number of carbonyl (C=O) groups is 1. The molecule has 1 N–H and O–H groups in total. The monoisotopic (exact) mass is 441 g/mol. The molecule has 0 saturated carbocycles. The zero-order valence-electron chi connectivity index (χ0n) is 17.8. The average Bonchev–Trinajstić information content (AvgIpc) is 2.98. The van der Waals surface area contributed by atoms with E-state index in [0.717, 1.165) is 36.7 Å². The van der Waals surface area contributed by atoms with Crippen LogP contribution in [0.15, 0.2) is 47.6 Å². The fourth-order valence-electron chi connectivity index (χ4n) is 3.82. The van der Waals surface area contributed by atoms with Crippen molar-refractivity contribution in [3.63, 3.8) is 0 Å². The van der Waals surface area contributed by atoms with E-state index in [1.165, 1.54) is 10.4 Å². The molecule has 0 unspecified atom stereocenters. The van der Waals surface area contributed by atoms with E-state index >= 15 is 0 Å². The number of nitrogens with zero attached hydrogens (tertiary/aromatic N) is 4. The van der Waals surface area contributed by atoms with E-state index in [0.29, 0.717) is 18.8 Å². The van der Waals surface area contributed by atoms with Crippen molar-refractivity contribution >= 4 is 32.7 Å². The minimum absolute atomic E-state index is 0.147. The number of anilines is 1. The Labute approximate surface area is 182 Å². The van der Waals surface area contributed by atoms with Crippen molar-refractivity contribution in [2.75, 3.05) is 18.4 Å². The zero-order valence-corrected chi connectivity index (χ0v) is 18.6. The molecule has 31 heavy (non-hydrogen) atoms. The summed E-state index contributed by atoms with van der Waals surface area (Å²) in [5, 5.41) is 7.97. The van der Waals surface area contributed by atoms with Gasteiger partial charge in [0.15, 0.2) is 5.65 Å². The number of fused-ring (bicyclic) bond motifs is 1. The molecule has 164 valence electrons. The highest BCUT2D eigenvalue weighted by molar-refractivity contribution is 7.89. The summed E-state index contributed by atoms with van der Waals surface area (Å²) in [6.07, 6.45) is 7.11. The lowest BCUT2D eigenvalue weighted by Crippen LogP contribution is -2.32. The molecule has 8 nitrogen and oxygen atoms in total. The van der Waals surface area contributed by atoms with Crippen LogP contribution in [-0.4, -0.2) is 46.5 Å². The van der Waals surface area contributed by atoms with Gasteiger partial charge in [0, 0.05) is 30.1 Å². The van der Waals surface area contributed by atoms with E-state index in [2.05, 4.69) is 15.4 Å². The number of nitrogens with one attached hydrogen (secondary N) is 1. The van der Waals surface area contributed by atoms with Crippen molar-refractivity contribution in [2.24, 2.45) is 0 Å². The van der Waals surface area contributed by atoms with Crippen LogP contribution in [-0.2, 0) is 10.0 Å². The van der Waals surface area contributed by atoms with E-state index in [1.54, 1.807) is 30.6 Å². The van der Waals surface area contributed by atoms with Gasteiger partial charge in [0.1, 0.15) is 0 Å². The summed E-state index contributed by atoms with van der Waals surface area (Å²) in [5.74, 6) is -0.384. The summed E-state index contributed by atoms with van der Waals surface area (Å²) in [7, 11) is -3.62. The summed E-state index contributed by atoms with van der Waals surface area (Å²) in [5.41, 5.74) is 1.56. The van der Waals surface area contributed by atoms with Crippen molar-refractivity contribution in [1.29, 1.82) is 0 Å². The van der Waals surface area contributed by atoms with Crippen LogP contribution in [0.2, 0.25) is 0 Å². The first-order valence-corrected chi connectivity index (χ1v) is 12.0. The van der Waals surface area contributed by atoms with E-state index < -0.39 is 10.0 Å². The molecule has 1 fully saturated rings. The van der Waals surface area contributed by atoms with Gasteiger partial charge >= 0.3 is 0 Å². The number of carbonyl (C=O) groups excluding carboxylic acids is 1. The molecule has 0 atom stereocenters. The highest BCUT2D eigenvalue weighted by atomic mass is 32.2. The predicted molar refractivity (Wildman–Crippen MR) is 120 cm³/mol. The first-order chi connectivity index (χ1) is 14.9. The molecule has 1 saturated heterocycles. The molecule has 1 aromatic carbocycles. The lowest BCUT2D eigenvalue weighted by molar-refractivity contribution is 0.102. The van der Waals surface area contributed by atoms with Gasteiger partial charge in [-0.2, -0.15) is 9.40 Å². The smallest absolute Gasteiger partial charge is 0.255 e. The number of amides is 1. The van der Waals surface area contributed by atoms with Crippen LogP contribution in [0.25, 0.3) is 11.0 Å². The Hall–Kier alpha value is -2.78. The molecule has 3 heterocycles. The highest BCUT2D eigenvalue weighted by Gasteiger charge is 2.25. The molecule has 4 rings (SSSR count). The van der Waals surface area contributed by atoms with Crippen LogP contribution in [0.4, 0.5) is 5.69 Å². The van der Waals surface area contributed by atoms with Crippen molar-refractivity contribution < 1.29 is 13.2 Å². The lowest BCUT2D eigenvalue weighted by atomic mass is 10.2. The maximum absolute atomic E-state index is 13.1. The fourth-order valence-corrected chi connectivity index (χ4v) is 5.38. The van der Waals surface area contributed by atoms with Gasteiger partial charge in [0.2, 0.25) is 10.0 Å². The second kappa shape index (κ2) is 8.76. The molecule has 0 bridgehead atoms. The Morgan fingerprint density at radius 2 is 1.81 bits per heavy atom. The van der Waals surface area contributed by atoms with Crippen molar-refractivity contribution in [1.82, 2.24) is 19.1 Å². The maximum atomic E-state index is 13.1. The van der Waals surface area contributed by atoms with Gasteiger partial charge in [-0.1, -0.05) is 18.9 Å². The third-order valence-corrected chi connectivity index (χ3v) is 7.37. The van der Waals surface area contributed by atoms with Crippen LogP contribution >= 0.6 is 0 Å². The Morgan fingerprint density at radius 1 is 1.06 bits per heavy atom. The standard InChI is InChI=1S/C22H27N5O3S/c1-16(2)27-21-18(14-24-27)12-19(15-23-21)25-22(28)17-8-7-9-20(13-17)31(29,30)26-10-5-3-4-6-11-26/h7-9,12-16H,3-6,10-11H2,1-2H3,(H,25,28). The Kier molecular flexibility index (Phi) is 6.06. The summed E-state index contributed by atoms with van der Waals surface area (Å²) < 4.78 is 29.5. The minimum Gasteiger partial charge on any atom is -0.321 e. The lowest BCUT2D eigenvalue weighted by Gasteiger charge is -2.20. The molecule has 3 aromatic rings. The summed E-state index contributed by atoms with van der Waals surface area (Å²) >= 11 is 0. The van der Waals surface area contributed by atoms with Crippen LogP contribution in [0.1, 0.15) is 55.9 Å². The number of sulfonamides is 1. The molecule has 9 heteroatoms. The van der Waals surface area contributed by atoms with E-state index in [-0.39, 0.29) is 22.4 Å². The molecular formula is C22H27N5O3S. The number of pyridine rings is 1. The fraction of sp³-hybridized carbons (Fsp3) is 0.409. The van der Waals surface area contributed by atoms with Gasteiger partial charge in [-0.05, 0) is 51.0 Å². The topological polar surface area (TPSA) is 97.2 Å². The first-order valence-electron chi connectivity index (χ1n) is 10.6. The van der Waals surface area contributed by atoms with Crippen LogP contribution in [0.5, 0.6) is 0 Å². The van der Waals surface area contributed by atoms with Crippen LogP contribution in [0.3, 0.4) is 0 Å². The molecule has 1 aliphatic rings. The number of rotatable bonds is 5. The summed E-state index contributed by atoms with van der Waals surface area (Å²) in [6.45, 7) is 5.09. The SMILES string of the molecule is CC(C)n1ncc2cc(NC(=O)c3cccc(S(=O)(=O)N4CCCCCC4)c3)cnc21. The summed E-state index contributed by atoms with van der Waals surface area (Å²) in [4.78, 5) is 17.4. The van der Waals surface area contributed by atoms with Crippen molar-refractivity contribution in [3.8, 4) is 0 Å². The van der Waals surface area contributed by atoms with E-state index in [1.807, 2.05) is 24.6 Å². The second-order valence-corrected chi connectivity index (χ2v) is 10.1. The average molecular weight is 442 g/mol. The van der Waals surface area contributed by atoms with Gasteiger partial charge in [-0.15, -0.1) is 0 Å². The normalized spacial score (nSPS) is 15.8. The van der Waals surface area contributed by atoms with E-state index in [9.17, 15) is 13.2 Å². The number of hydrogen-bond donors (Lipinski definition) is 1. The first kappa shape index (κ1) is 21.5. The number of hydrogen-bond acceptors (Lipinski definition) is 5. The van der Waals surface area contributed by atoms with Gasteiger partial charge in [0.25, 0.3) is 5.91 Å². The van der Waals surface area contributed by atoms with Crippen LogP contribution < -0.4 is 5.32 Å². The molecule has 1 amide bonds. The Morgan fingerprint density at radius 3 is 2.52 bits per heavy atom. The van der Waals surface area contributed by atoms with Crippen molar-refractivity contribution in [2.45, 2.75) is 50.5 Å². The second-order valence-electron chi connectivity index (χ2n) is 8.12. The zero-order chi connectivity index (χ0) is 22.0. The van der Waals surface area contributed by atoms with Gasteiger partial charge < -0.3 is 5.32 Å². The maximum Gasteiger partial charge on any atom is 0.255 e. The molecular weight excluding hydrogens is 414 g/mol. The largest absolute Gasteiger partial charge is 0.321 e. The van der Waals surface area contributed by atoms with Gasteiger partial charge in [0.05, 0.1) is 23.0 Å². The quantitative estimate of drug-likeness (QED) is 0.649. The molecule has 0 radical (unpaired) electrons. The summed E-state index contributed by atoms with van der Waals surface area (Å²) in [6, 6.07) is 8.19. The minimum atomic E-state index is -3.62. The third kappa shape index (κ3) is 4.47. The van der Waals surface area contributed by atoms with Gasteiger partial charge in [-0.25, -0.2) is 18.1 Å². The number of aromatic nitrogens is 3. The van der Waals surface area contributed by atoms with E-state index in [4.69, 9.17) is 0 Å². The Balaban J connectivity index is 1.55. The Bertz CT molecular complexity index is 1190. The third-order valence-electron chi connectivity index (χ3n) is 5.48. The van der Waals surface area contributed by atoms with Crippen LogP contribution in [0, 0.1) is 0 Å². The number of benzene rings is 1.